The van der Waals surface area contributed by atoms with Gasteiger partial charge in [0.25, 0.3) is 0 Å². The first-order chi connectivity index (χ1) is 9.61. The number of nitrogens with zero attached hydrogens (tertiary/aromatic N) is 1. The summed E-state index contributed by atoms with van der Waals surface area (Å²) in [4.78, 5) is 21.8. The molecule has 1 aromatic carbocycles. The van der Waals surface area contributed by atoms with Gasteiger partial charge in [0.15, 0.2) is 0 Å². The van der Waals surface area contributed by atoms with E-state index in [-0.39, 0.29) is 10.5 Å². The van der Waals surface area contributed by atoms with Gasteiger partial charge < -0.3 is 14.9 Å². The molecule has 0 unspecified atom stereocenters. The van der Waals surface area contributed by atoms with Crippen LogP contribution < -0.4 is 0 Å². The summed E-state index contributed by atoms with van der Waals surface area (Å²) in [6.07, 6.45) is 0. The number of carbonyl (C=O) groups excluding carboxylic acids is 1. The topological polar surface area (TPSA) is 121 Å². The van der Waals surface area contributed by atoms with Crippen molar-refractivity contribution in [2.75, 3.05) is 20.7 Å². The van der Waals surface area contributed by atoms with Gasteiger partial charge >= 0.3 is 11.9 Å². The van der Waals surface area contributed by atoms with Crippen LogP contribution in [0, 0.1) is 6.92 Å². The Balaban J connectivity index is 3.34. The Morgan fingerprint density at radius 1 is 1.33 bits per heavy atom. The molecule has 8 nitrogen and oxygen atoms in total. The molecule has 0 aromatic heterocycles. The second-order valence-electron chi connectivity index (χ2n) is 4.28. The van der Waals surface area contributed by atoms with Crippen LogP contribution in [0.15, 0.2) is 17.0 Å². The molecule has 116 valence electrons. The summed E-state index contributed by atoms with van der Waals surface area (Å²) in [7, 11) is -1.80. The number of aromatic carboxylic acids is 1. The van der Waals surface area contributed by atoms with E-state index in [0.717, 1.165) is 23.5 Å². The summed E-state index contributed by atoms with van der Waals surface area (Å²) in [5.41, 5.74) is -0.375. The smallest absolute Gasteiger partial charge is 0.339 e. The first-order valence-electron chi connectivity index (χ1n) is 5.71. The molecule has 0 saturated carbocycles. The van der Waals surface area contributed by atoms with E-state index < -0.39 is 39.8 Å². The highest BCUT2D eigenvalue weighted by molar-refractivity contribution is 7.89. The van der Waals surface area contributed by atoms with Gasteiger partial charge in [-0.2, -0.15) is 4.31 Å². The molecule has 1 aromatic rings. The minimum absolute atomic E-state index is 0.161. The number of carbonyl (C=O) groups is 2. The van der Waals surface area contributed by atoms with E-state index in [9.17, 15) is 23.1 Å². The molecule has 0 heterocycles. The Morgan fingerprint density at radius 3 is 2.38 bits per heavy atom. The minimum atomic E-state index is -4.09. The first kappa shape index (κ1) is 16.9. The van der Waals surface area contributed by atoms with Crippen LogP contribution in [0.25, 0.3) is 0 Å². The van der Waals surface area contributed by atoms with E-state index in [1.54, 1.807) is 0 Å². The van der Waals surface area contributed by atoms with Crippen LogP contribution in [-0.4, -0.2) is 55.6 Å². The van der Waals surface area contributed by atoms with Crippen molar-refractivity contribution in [3.8, 4) is 5.75 Å². The Hall–Kier alpha value is -2.13. The number of carboxylic acids is 1. The van der Waals surface area contributed by atoms with Gasteiger partial charge in [0.05, 0.1) is 12.0 Å². The zero-order valence-corrected chi connectivity index (χ0v) is 12.5. The summed E-state index contributed by atoms with van der Waals surface area (Å²) in [5.74, 6) is -2.75. The second kappa shape index (κ2) is 6.10. The highest BCUT2D eigenvalue weighted by atomic mass is 32.2. The van der Waals surface area contributed by atoms with Crippen molar-refractivity contribution in [1.82, 2.24) is 4.31 Å². The molecule has 1 rings (SSSR count). The lowest BCUT2D eigenvalue weighted by atomic mass is 10.1. The number of aryl methyl sites for hydroxylation is 1. The second-order valence-corrected chi connectivity index (χ2v) is 6.29. The third kappa shape index (κ3) is 3.50. The molecule has 0 aliphatic carbocycles. The van der Waals surface area contributed by atoms with Crippen molar-refractivity contribution in [3.05, 3.63) is 23.3 Å². The van der Waals surface area contributed by atoms with Gasteiger partial charge in [0.1, 0.15) is 17.9 Å². The van der Waals surface area contributed by atoms with Crippen LogP contribution in [0.4, 0.5) is 0 Å². The molecule has 0 atom stereocenters. The Kier molecular flexibility index (Phi) is 4.92. The van der Waals surface area contributed by atoms with E-state index in [1.165, 1.54) is 14.0 Å². The highest BCUT2D eigenvalue weighted by Gasteiger charge is 2.27. The summed E-state index contributed by atoms with van der Waals surface area (Å²) in [5, 5.41) is 18.4. The number of hydrogen-bond acceptors (Lipinski definition) is 6. The fourth-order valence-electron chi connectivity index (χ4n) is 1.62. The summed E-state index contributed by atoms with van der Waals surface area (Å²) in [6.45, 7) is 0.895. The zero-order valence-electron chi connectivity index (χ0n) is 11.7. The molecule has 0 aliphatic heterocycles. The predicted molar refractivity (Wildman–Crippen MR) is 71.6 cm³/mol. The van der Waals surface area contributed by atoms with Crippen LogP contribution in [-0.2, 0) is 19.6 Å². The van der Waals surface area contributed by atoms with Crippen molar-refractivity contribution in [2.24, 2.45) is 0 Å². The number of carboxylic acid groups (broad SMARTS) is 1. The third-order valence-corrected chi connectivity index (χ3v) is 4.74. The van der Waals surface area contributed by atoms with Gasteiger partial charge in [0, 0.05) is 7.05 Å². The van der Waals surface area contributed by atoms with Gasteiger partial charge in [-0.15, -0.1) is 0 Å². The number of phenols is 1. The number of rotatable bonds is 5. The molecule has 0 radical (unpaired) electrons. The van der Waals surface area contributed by atoms with E-state index >= 15 is 0 Å². The predicted octanol–water partition coefficient (Wildman–Crippen LogP) is 0.192. The standard InChI is InChI=1S/C12H15NO7S/c1-7-4-9(14)8(12(16)17)5-10(7)21(18,19)13(2)6-11(15)20-3/h4-5,14H,6H2,1-3H3,(H,16,17). The van der Waals surface area contributed by atoms with Crippen molar-refractivity contribution < 1.29 is 33.0 Å². The van der Waals surface area contributed by atoms with E-state index in [0.29, 0.717) is 0 Å². The lowest BCUT2D eigenvalue weighted by Crippen LogP contribution is -2.33. The van der Waals surface area contributed by atoms with Gasteiger partial charge in [-0.3, -0.25) is 4.79 Å². The molecule has 0 bridgehead atoms. The van der Waals surface area contributed by atoms with Crippen LogP contribution in [0.2, 0.25) is 0 Å². The van der Waals surface area contributed by atoms with Gasteiger partial charge in [0.2, 0.25) is 10.0 Å². The molecule has 0 spiro atoms. The van der Waals surface area contributed by atoms with Crippen molar-refractivity contribution in [1.29, 1.82) is 0 Å². The fraction of sp³-hybridized carbons (Fsp3) is 0.333. The van der Waals surface area contributed by atoms with Crippen LogP contribution in [0.1, 0.15) is 15.9 Å². The van der Waals surface area contributed by atoms with E-state index in [1.807, 2.05) is 0 Å². The van der Waals surface area contributed by atoms with E-state index in [4.69, 9.17) is 5.11 Å². The Bertz CT molecular complexity index is 681. The average Bonchev–Trinajstić information content (AvgIpc) is 2.37. The monoisotopic (exact) mass is 317 g/mol. The third-order valence-electron chi connectivity index (χ3n) is 2.79. The number of esters is 1. The number of aromatic hydroxyl groups is 1. The molecule has 0 amide bonds. The molecule has 9 heteroatoms. The molecule has 0 aliphatic rings. The van der Waals surface area contributed by atoms with E-state index in [2.05, 4.69) is 4.74 Å². The normalized spacial score (nSPS) is 11.4. The maximum atomic E-state index is 12.3. The molecule has 21 heavy (non-hydrogen) atoms. The highest BCUT2D eigenvalue weighted by Crippen LogP contribution is 2.27. The Morgan fingerprint density at radius 2 is 1.90 bits per heavy atom. The van der Waals surface area contributed by atoms with Gasteiger partial charge in [-0.05, 0) is 24.6 Å². The van der Waals surface area contributed by atoms with Crippen molar-refractivity contribution in [2.45, 2.75) is 11.8 Å². The summed E-state index contributed by atoms with van der Waals surface area (Å²) in [6, 6.07) is 1.90. The maximum absolute atomic E-state index is 12.3. The Labute approximate surface area is 121 Å². The van der Waals surface area contributed by atoms with Gasteiger partial charge in [-0.1, -0.05) is 0 Å². The molecule has 0 fully saturated rings. The molecule has 2 N–H and O–H groups in total. The quantitative estimate of drug-likeness (QED) is 0.743. The number of hydrogen-bond donors (Lipinski definition) is 2. The van der Waals surface area contributed by atoms with Crippen LogP contribution in [0.3, 0.4) is 0 Å². The van der Waals surface area contributed by atoms with Crippen molar-refractivity contribution in [3.63, 3.8) is 0 Å². The minimum Gasteiger partial charge on any atom is -0.507 e. The van der Waals surface area contributed by atoms with Crippen molar-refractivity contribution >= 4 is 22.0 Å². The SMILES string of the molecule is COC(=O)CN(C)S(=O)(=O)c1cc(C(=O)O)c(O)cc1C. The molecule has 0 saturated heterocycles. The number of methoxy groups -OCH3 is 1. The maximum Gasteiger partial charge on any atom is 0.339 e. The van der Waals surface area contributed by atoms with Crippen LogP contribution in [0.5, 0.6) is 5.75 Å². The lowest BCUT2D eigenvalue weighted by Gasteiger charge is -2.18. The first-order valence-corrected chi connectivity index (χ1v) is 7.15. The largest absolute Gasteiger partial charge is 0.507 e. The number of benzene rings is 1. The summed E-state index contributed by atoms with van der Waals surface area (Å²) >= 11 is 0. The number of likely N-dealkylation sites (N-methyl/N-ethyl adjacent to an activating group) is 1. The molecular weight excluding hydrogens is 302 g/mol. The fourth-order valence-corrected chi connectivity index (χ4v) is 2.96. The van der Waals surface area contributed by atoms with Gasteiger partial charge in [-0.25, -0.2) is 13.2 Å². The zero-order chi connectivity index (χ0) is 16.4. The number of sulfonamides is 1. The molecular formula is C12H15NO7S. The van der Waals surface area contributed by atoms with Crippen LogP contribution >= 0.6 is 0 Å². The average molecular weight is 317 g/mol. The number of ether oxygens (including phenoxy) is 1. The lowest BCUT2D eigenvalue weighted by molar-refractivity contribution is -0.140. The summed E-state index contributed by atoms with van der Waals surface area (Å²) < 4.78 is 29.8.